The van der Waals surface area contributed by atoms with E-state index < -0.39 is 23.6 Å². The fourth-order valence-corrected chi connectivity index (χ4v) is 4.96. The summed E-state index contributed by atoms with van der Waals surface area (Å²) in [6, 6.07) is 8.40. The lowest BCUT2D eigenvalue weighted by molar-refractivity contribution is -0.116. The average molecular weight is 468 g/mol. The molecule has 0 fully saturated rings. The summed E-state index contributed by atoms with van der Waals surface area (Å²) in [4.78, 5) is 30.4. The van der Waals surface area contributed by atoms with E-state index in [1.54, 1.807) is 4.68 Å². The first kappa shape index (κ1) is 21.3. The van der Waals surface area contributed by atoms with Crippen molar-refractivity contribution in [2.24, 2.45) is 0 Å². The lowest BCUT2D eigenvalue weighted by Gasteiger charge is -2.14. The first-order chi connectivity index (χ1) is 15.8. The Labute approximate surface area is 191 Å². The molecule has 3 heterocycles. The van der Waals surface area contributed by atoms with Gasteiger partial charge in [-0.2, -0.15) is 5.10 Å². The van der Waals surface area contributed by atoms with Crippen LogP contribution in [0.15, 0.2) is 52.5 Å². The lowest BCUT2D eigenvalue weighted by Crippen LogP contribution is -2.28. The molecule has 1 N–H and O–H groups in total. The Morgan fingerprint density at radius 2 is 2.00 bits per heavy atom. The van der Waals surface area contributed by atoms with Gasteiger partial charge in [0.15, 0.2) is 10.8 Å². The van der Waals surface area contributed by atoms with Crippen LogP contribution in [0.3, 0.4) is 0 Å². The van der Waals surface area contributed by atoms with Crippen molar-refractivity contribution in [2.45, 2.75) is 31.5 Å². The standard InChI is InChI=1S/C23H19F2N5O2S/c1-12-3-5-15(7-13(12)2)30-21-17(10-26-30)22(32)29-16(11-33-23(29)28-21)9-20(31)27-19-6-4-14(24)8-18(19)25/h3-8,10,16H,9,11H2,1-2H3,(H,27,31). The minimum atomic E-state index is -0.858. The molecule has 4 aromatic rings. The van der Waals surface area contributed by atoms with Gasteiger partial charge in [-0.3, -0.25) is 14.2 Å². The second-order valence-electron chi connectivity index (χ2n) is 7.97. The summed E-state index contributed by atoms with van der Waals surface area (Å²) >= 11 is 1.38. The number of carbonyl (C=O) groups excluding carboxylic acids is 1. The zero-order valence-electron chi connectivity index (χ0n) is 17.8. The summed E-state index contributed by atoms with van der Waals surface area (Å²) in [5.74, 6) is -1.58. The summed E-state index contributed by atoms with van der Waals surface area (Å²) < 4.78 is 30.1. The number of amides is 1. The van der Waals surface area contributed by atoms with Crippen LogP contribution < -0.4 is 10.9 Å². The van der Waals surface area contributed by atoms with Crippen molar-refractivity contribution in [2.75, 3.05) is 11.1 Å². The zero-order valence-corrected chi connectivity index (χ0v) is 18.6. The number of thioether (sulfide) groups is 1. The van der Waals surface area contributed by atoms with Gasteiger partial charge >= 0.3 is 0 Å². The first-order valence-corrected chi connectivity index (χ1v) is 11.3. The van der Waals surface area contributed by atoms with Crippen molar-refractivity contribution in [1.29, 1.82) is 0 Å². The van der Waals surface area contributed by atoms with E-state index in [9.17, 15) is 18.4 Å². The van der Waals surface area contributed by atoms with E-state index in [0.29, 0.717) is 28.0 Å². The Bertz CT molecular complexity index is 1480. The molecule has 1 unspecified atom stereocenters. The number of benzene rings is 2. The normalized spacial score (nSPS) is 15.1. The van der Waals surface area contributed by atoms with Gasteiger partial charge in [0.25, 0.3) is 5.56 Å². The molecular formula is C23H19F2N5O2S. The van der Waals surface area contributed by atoms with E-state index in [2.05, 4.69) is 15.4 Å². The largest absolute Gasteiger partial charge is 0.324 e. The molecule has 0 aliphatic carbocycles. The number of rotatable bonds is 4. The second kappa shape index (κ2) is 8.11. The maximum atomic E-state index is 13.9. The van der Waals surface area contributed by atoms with Gasteiger partial charge in [0.05, 0.1) is 23.6 Å². The number of nitrogens with zero attached hydrogens (tertiary/aromatic N) is 4. The zero-order chi connectivity index (χ0) is 23.3. The molecule has 10 heteroatoms. The van der Waals surface area contributed by atoms with Crippen LogP contribution in [0.5, 0.6) is 0 Å². The van der Waals surface area contributed by atoms with Crippen LogP contribution in [0.1, 0.15) is 23.6 Å². The third kappa shape index (κ3) is 3.80. The number of aromatic nitrogens is 4. The fourth-order valence-electron chi connectivity index (χ4n) is 3.83. The van der Waals surface area contributed by atoms with Gasteiger partial charge in [-0.15, -0.1) is 0 Å². The molecule has 1 amide bonds. The van der Waals surface area contributed by atoms with E-state index in [-0.39, 0.29) is 17.7 Å². The first-order valence-electron chi connectivity index (χ1n) is 10.3. The Kier molecular flexibility index (Phi) is 5.24. The molecule has 1 aliphatic rings. The minimum Gasteiger partial charge on any atom is -0.324 e. The Morgan fingerprint density at radius 1 is 1.18 bits per heavy atom. The van der Waals surface area contributed by atoms with Crippen molar-refractivity contribution in [3.63, 3.8) is 0 Å². The van der Waals surface area contributed by atoms with Crippen LogP contribution in [0.25, 0.3) is 16.7 Å². The summed E-state index contributed by atoms with van der Waals surface area (Å²) in [5, 5.41) is 7.68. The van der Waals surface area contributed by atoms with Gasteiger partial charge in [0, 0.05) is 18.2 Å². The van der Waals surface area contributed by atoms with Crippen molar-refractivity contribution < 1.29 is 13.6 Å². The Morgan fingerprint density at radius 3 is 2.76 bits per heavy atom. The highest BCUT2D eigenvalue weighted by Gasteiger charge is 2.30. The minimum absolute atomic E-state index is 0.0464. The van der Waals surface area contributed by atoms with Gasteiger partial charge in [-0.25, -0.2) is 18.4 Å². The van der Waals surface area contributed by atoms with Crippen LogP contribution in [0.4, 0.5) is 14.5 Å². The Balaban J connectivity index is 1.45. The van der Waals surface area contributed by atoms with Crippen LogP contribution in [0.2, 0.25) is 0 Å². The number of hydrogen-bond acceptors (Lipinski definition) is 5. The third-order valence-electron chi connectivity index (χ3n) is 5.73. The number of carbonyl (C=O) groups is 1. The molecule has 7 nitrogen and oxygen atoms in total. The highest BCUT2D eigenvalue weighted by Crippen LogP contribution is 2.33. The van der Waals surface area contributed by atoms with Crippen LogP contribution in [-0.4, -0.2) is 31.0 Å². The topological polar surface area (TPSA) is 81.8 Å². The summed E-state index contributed by atoms with van der Waals surface area (Å²) in [6.45, 7) is 4.03. The van der Waals surface area contributed by atoms with Gasteiger partial charge in [0.2, 0.25) is 5.91 Å². The van der Waals surface area contributed by atoms with Crippen molar-refractivity contribution >= 4 is 34.4 Å². The molecule has 2 aromatic carbocycles. The number of aryl methyl sites for hydroxylation is 2. The molecule has 0 radical (unpaired) electrons. The van der Waals surface area contributed by atoms with E-state index in [0.717, 1.165) is 22.9 Å². The smallest absolute Gasteiger partial charge is 0.265 e. The van der Waals surface area contributed by atoms with Crippen LogP contribution >= 0.6 is 11.8 Å². The summed E-state index contributed by atoms with van der Waals surface area (Å²) in [6.07, 6.45) is 1.44. The summed E-state index contributed by atoms with van der Waals surface area (Å²) in [5.41, 5.74) is 3.14. The molecule has 33 heavy (non-hydrogen) atoms. The van der Waals surface area contributed by atoms with E-state index in [4.69, 9.17) is 0 Å². The van der Waals surface area contributed by atoms with Gasteiger partial charge in [-0.05, 0) is 49.2 Å². The number of hydrogen-bond donors (Lipinski definition) is 1. The quantitative estimate of drug-likeness (QED) is 0.456. The predicted octanol–water partition coefficient (Wildman–Crippen LogP) is 4.15. The fraction of sp³-hybridized carbons (Fsp3) is 0.217. The van der Waals surface area contributed by atoms with Crippen LogP contribution in [0, 0.1) is 25.5 Å². The second-order valence-corrected chi connectivity index (χ2v) is 8.96. The monoisotopic (exact) mass is 467 g/mol. The molecule has 0 spiro atoms. The maximum absolute atomic E-state index is 13.9. The third-order valence-corrected chi connectivity index (χ3v) is 6.83. The van der Waals surface area contributed by atoms with Crippen molar-refractivity contribution in [1.82, 2.24) is 19.3 Å². The molecule has 0 bridgehead atoms. The molecule has 1 aliphatic heterocycles. The molecule has 0 saturated carbocycles. The van der Waals surface area contributed by atoms with E-state index >= 15 is 0 Å². The van der Waals surface area contributed by atoms with E-state index in [1.807, 2.05) is 32.0 Å². The molecule has 5 rings (SSSR count). The highest BCUT2D eigenvalue weighted by atomic mass is 32.2. The van der Waals surface area contributed by atoms with Crippen molar-refractivity contribution in [3.05, 3.63) is 75.7 Å². The molecular weight excluding hydrogens is 448 g/mol. The van der Waals surface area contributed by atoms with Crippen molar-refractivity contribution in [3.8, 4) is 5.69 Å². The number of nitrogens with one attached hydrogen (secondary N) is 1. The maximum Gasteiger partial charge on any atom is 0.265 e. The molecule has 0 saturated heterocycles. The Hall–Kier alpha value is -3.53. The molecule has 2 aromatic heterocycles. The van der Waals surface area contributed by atoms with Gasteiger partial charge in [0.1, 0.15) is 17.0 Å². The number of fused-ring (bicyclic) bond motifs is 2. The predicted molar refractivity (Wildman–Crippen MR) is 122 cm³/mol. The highest BCUT2D eigenvalue weighted by molar-refractivity contribution is 7.99. The molecule has 168 valence electrons. The van der Waals surface area contributed by atoms with Gasteiger partial charge in [-0.1, -0.05) is 17.8 Å². The molecule has 1 atom stereocenters. The number of halogens is 2. The van der Waals surface area contributed by atoms with Gasteiger partial charge < -0.3 is 5.32 Å². The number of anilines is 1. The SMILES string of the molecule is Cc1ccc(-n2ncc3c(=O)n4c(nc32)SCC4CC(=O)Nc2ccc(F)cc2F)cc1C. The lowest BCUT2D eigenvalue weighted by atomic mass is 10.1. The van der Waals surface area contributed by atoms with E-state index in [1.165, 1.54) is 28.6 Å². The van der Waals surface area contributed by atoms with Crippen LogP contribution in [-0.2, 0) is 4.79 Å². The average Bonchev–Trinajstić information content (AvgIpc) is 3.37. The summed E-state index contributed by atoms with van der Waals surface area (Å²) in [7, 11) is 0.